The molecule has 0 aliphatic heterocycles. The molecule has 0 aromatic heterocycles. The molecule has 0 spiro atoms. The molecule has 0 heterocycles. The van der Waals surface area contributed by atoms with Crippen LogP contribution in [-0.4, -0.2) is 21.4 Å². The van der Waals surface area contributed by atoms with Gasteiger partial charge in [0.1, 0.15) is 0 Å². The van der Waals surface area contributed by atoms with Crippen LogP contribution in [0.5, 0.6) is 0 Å². The molecule has 98 valence electrons. The molecular weight excluding hydrogens is 226 g/mol. The molecule has 1 saturated carbocycles. The third-order valence-electron chi connectivity index (χ3n) is 4.22. The molecule has 18 heavy (non-hydrogen) atoms. The number of rotatable bonds is 1. The lowest BCUT2D eigenvalue weighted by atomic mass is 9.61. The lowest BCUT2D eigenvalue weighted by molar-refractivity contribution is -0.0736. The molecule has 0 aromatic carbocycles. The molecular formula is C15H21NO2. The molecule has 0 bridgehead atoms. The molecule has 2 aliphatic carbocycles. The molecule has 0 radical (unpaired) electrons. The summed E-state index contributed by atoms with van der Waals surface area (Å²) in [5, 5.41) is 30.0. The summed E-state index contributed by atoms with van der Waals surface area (Å²) in [6.45, 7) is 5.34. The van der Waals surface area contributed by atoms with Crippen molar-refractivity contribution in [2.24, 2.45) is 11.8 Å². The molecule has 2 N–H and O–H groups in total. The second-order valence-corrected chi connectivity index (χ2v) is 6.32. The van der Waals surface area contributed by atoms with Gasteiger partial charge in [0.15, 0.2) is 0 Å². The fourth-order valence-corrected chi connectivity index (χ4v) is 3.36. The summed E-state index contributed by atoms with van der Waals surface area (Å²) in [5.74, 6) is -0.286. The fraction of sp³-hybridized carbons (Fsp3) is 0.667. The monoisotopic (exact) mass is 247 g/mol. The molecule has 0 aromatic rings. The van der Waals surface area contributed by atoms with Crippen LogP contribution >= 0.6 is 0 Å². The van der Waals surface area contributed by atoms with Crippen molar-refractivity contribution < 1.29 is 10.2 Å². The van der Waals surface area contributed by atoms with E-state index < -0.39 is 11.2 Å². The van der Waals surface area contributed by atoms with Crippen LogP contribution in [0, 0.1) is 23.2 Å². The molecule has 0 unspecified atom stereocenters. The van der Waals surface area contributed by atoms with Crippen molar-refractivity contribution in [3.05, 3.63) is 23.3 Å². The van der Waals surface area contributed by atoms with E-state index in [0.29, 0.717) is 5.57 Å². The normalized spacial score (nSPS) is 36.2. The van der Waals surface area contributed by atoms with Crippen molar-refractivity contribution in [2.75, 3.05) is 0 Å². The van der Waals surface area contributed by atoms with Crippen molar-refractivity contribution in [2.45, 2.75) is 51.2 Å². The highest BCUT2D eigenvalue weighted by molar-refractivity contribution is 5.43. The standard InChI is InChI=1S/C15H21NO2/c1-14(2,17)12-8-10(9-16)7-11-5-4-6-15(3,18)13(11)12/h7-8,12-13,17-18H,4-6H2,1-3H3/t12-,13-,15+/m0/s1. The zero-order chi connectivity index (χ0) is 13.6. The number of allylic oxidation sites excluding steroid dienone is 2. The smallest absolute Gasteiger partial charge is 0.0988 e. The minimum atomic E-state index is -0.937. The minimum absolute atomic E-state index is 0.0802. The van der Waals surface area contributed by atoms with Gasteiger partial charge in [-0.2, -0.15) is 5.26 Å². The van der Waals surface area contributed by atoms with Gasteiger partial charge in [-0.3, -0.25) is 0 Å². The van der Waals surface area contributed by atoms with Crippen LogP contribution in [0.3, 0.4) is 0 Å². The van der Waals surface area contributed by atoms with Gasteiger partial charge >= 0.3 is 0 Å². The van der Waals surface area contributed by atoms with Crippen LogP contribution in [0.2, 0.25) is 0 Å². The first-order valence-electron chi connectivity index (χ1n) is 6.53. The summed E-state index contributed by atoms with van der Waals surface area (Å²) < 4.78 is 0. The Balaban J connectivity index is 2.48. The molecule has 2 aliphatic rings. The molecule has 2 rings (SSSR count). The maximum absolute atomic E-state index is 10.6. The van der Waals surface area contributed by atoms with Crippen LogP contribution in [0.1, 0.15) is 40.0 Å². The summed E-state index contributed by atoms with van der Waals surface area (Å²) in [7, 11) is 0. The number of nitriles is 1. The maximum atomic E-state index is 10.6. The first-order valence-corrected chi connectivity index (χ1v) is 6.53. The molecule has 3 heteroatoms. The predicted molar refractivity (Wildman–Crippen MR) is 69.5 cm³/mol. The summed E-state index contributed by atoms with van der Waals surface area (Å²) >= 11 is 0. The Morgan fingerprint density at radius 2 is 2.17 bits per heavy atom. The van der Waals surface area contributed by atoms with Gasteiger partial charge in [0, 0.05) is 17.4 Å². The van der Waals surface area contributed by atoms with Gasteiger partial charge < -0.3 is 10.2 Å². The van der Waals surface area contributed by atoms with Crippen molar-refractivity contribution in [1.82, 2.24) is 0 Å². The molecule has 1 fully saturated rings. The minimum Gasteiger partial charge on any atom is -0.390 e. The van der Waals surface area contributed by atoms with Gasteiger partial charge in [-0.15, -0.1) is 0 Å². The predicted octanol–water partition coefficient (Wildman–Crippen LogP) is 2.31. The summed E-state index contributed by atoms with van der Waals surface area (Å²) in [5.41, 5.74) is -0.0247. The van der Waals surface area contributed by atoms with Crippen molar-refractivity contribution in [3.63, 3.8) is 0 Å². The van der Waals surface area contributed by atoms with E-state index in [4.69, 9.17) is 5.26 Å². The van der Waals surface area contributed by atoms with E-state index in [2.05, 4.69) is 6.07 Å². The molecule has 3 atom stereocenters. The first-order chi connectivity index (χ1) is 8.25. The van der Waals surface area contributed by atoms with Crippen molar-refractivity contribution in [3.8, 4) is 6.07 Å². The van der Waals surface area contributed by atoms with Crippen LogP contribution < -0.4 is 0 Å². The number of fused-ring (bicyclic) bond motifs is 1. The van der Waals surface area contributed by atoms with E-state index in [1.807, 2.05) is 19.1 Å². The third-order valence-corrected chi connectivity index (χ3v) is 4.22. The lowest BCUT2D eigenvalue weighted by Crippen LogP contribution is -2.49. The van der Waals surface area contributed by atoms with Crippen LogP contribution in [0.4, 0.5) is 0 Å². The third kappa shape index (κ3) is 2.23. The Kier molecular flexibility index (Phi) is 3.12. The van der Waals surface area contributed by atoms with Gasteiger partial charge in [0.05, 0.1) is 17.3 Å². The Labute approximate surface area is 108 Å². The van der Waals surface area contributed by atoms with Gasteiger partial charge in [-0.05, 0) is 46.1 Å². The molecule has 0 amide bonds. The number of aliphatic hydroxyl groups is 2. The average molecular weight is 247 g/mol. The summed E-state index contributed by atoms with van der Waals surface area (Å²) in [4.78, 5) is 0. The Morgan fingerprint density at radius 1 is 1.50 bits per heavy atom. The highest BCUT2D eigenvalue weighted by atomic mass is 16.3. The number of hydrogen-bond acceptors (Lipinski definition) is 3. The highest BCUT2D eigenvalue weighted by Gasteiger charge is 2.47. The average Bonchev–Trinajstić information content (AvgIpc) is 2.25. The van der Waals surface area contributed by atoms with Gasteiger partial charge in [0.2, 0.25) is 0 Å². The Hall–Kier alpha value is -1.11. The number of hydrogen-bond donors (Lipinski definition) is 2. The SMILES string of the molecule is CC(C)(O)[C@H]1C=C(C#N)C=C2CCC[C@@](C)(O)[C@@H]21. The second-order valence-electron chi connectivity index (χ2n) is 6.32. The van der Waals surface area contributed by atoms with Crippen molar-refractivity contribution >= 4 is 0 Å². The second kappa shape index (κ2) is 4.22. The van der Waals surface area contributed by atoms with E-state index in [0.717, 1.165) is 24.8 Å². The highest BCUT2D eigenvalue weighted by Crippen LogP contribution is 2.48. The topological polar surface area (TPSA) is 64.2 Å². The summed E-state index contributed by atoms with van der Waals surface area (Å²) in [6.07, 6.45) is 6.30. The quantitative estimate of drug-likeness (QED) is 0.747. The molecule has 3 nitrogen and oxygen atoms in total. The van der Waals surface area contributed by atoms with Crippen LogP contribution in [-0.2, 0) is 0 Å². The van der Waals surface area contributed by atoms with E-state index in [9.17, 15) is 10.2 Å². The van der Waals surface area contributed by atoms with E-state index >= 15 is 0 Å². The lowest BCUT2D eigenvalue weighted by Gasteiger charge is -2.47. The maximum Gasteiger partial charge on any atom is 0.0988 e. The zero-order valence-electron chi connectivity index (χ0n) is 11.3. The number of nitrogens with zero attached hydrogens (tertiary/aromatic N) is 1. The Bertz CT molecular complexity index is 446. The van der Waals surface area contributed by atoms with E-state index in [1.165, 1.54) is 0 Å². The van der Waals surface area contributed by atoms with Gasteiger partial charge in [-0.25, -0.2) is 0 Å². The van der Waals surface area contributed by atoms with Gasteiger partial charge in [0.25, 0.3) is 0 Å². The van der Waals surface area contributed by atoms with E-state index in [1.54, 1.807) is 13.8 Å². The fourth-order valence-electron chi connectivity index (χ4n) is 3.36. The Morgan fingerprint density at radius 3 is 2.72 bits per heavy atom. The summed E-state index contributed by atoms with van der Waals surface area (Å²) in [6, 6.07) is 2.16. The van der Waals surface area contributed by atoms with Crippen LogP contribution in [0.15, 0.2) is 23.3 Å². The largest absolute Gasteiger partial charge is 0.390 e. The van der Waals surface area contributed by atoms with Crippen LogP contribution in [0.25, 0.3) is 0 Å². The van der Waals surface area contributed by atoms with Crippen molar-refractivity contribution in [1.29, 1.82) is 5.26 Å². The van der Waals surface area contributed by atoms with E-state index in [-0.39, 0.29) is 11.8 Å². The first kappa shape index (κ1) is 13.3. The zero-order valence-corrected chi connectivity index (χ0v) is 11.3. The van der Waals surface area contributed by atoms with Gasteiger partial charge in [-0.1, -0.05) is 11.6 Å². The molecule has 0 saturated heterocycles.